The van der Waals surface area contributed by atoms with Gasteiger partial charge in [0.1, 0.15) is 12.4 Å². The Labute approximate surface area is 98.9 Å². The van der Waals surface area contributed by atoms with E-state index in [4.69, 9.17) is 5.73 Å². The maximum atomic E-state index is 10.7. The highest BCUT2D eigenvalue weighted by molar-refractivity contribution is 5.76. The fourth-order valence-corrected chi connectivity index (χ4v) is 1.62. The SMILES string of the molecule is Cc1cc(C=O)cc(C(O)C(O)CC(N)=O)c1. The van der Waals surface area contributed by atoms with E-state index < -0.39 is 18.1 Å². The molecule has 0 aliphatic carbocycles. The Morgan fingerprint density at radius 2 is 2.06 bits per heavy atom. The largest absolute Gasteiger partial charge is 0.390 e. The van der Waals surface area contributed by atoms with Gasteiger partial charge in [0.05, 0.1) is 12.5 Å². The van der Waals surface area contributed by atoms with Crippen molar-refractivity contribution in [2.45, 2.75) is 25.6 Å². The van der Waals surface area contributed by atoms with Crippen molar-refractivity contribution in [1.29, 1.82) is 0 Å². The van der Waals surface area contributed by atoms with Crippen molar-refractivity contribution in [3.63, 3.8) is 0 Å². The molecule has 1 aromatic carbocycles. The molecule has 0 saturated heterocycles. The first-order valence-corrected chi connectivity index (χ1v) is 5.15. The Bertz CT molecular complexity index is 431. The summed E-state index contributed by atoms with van der Waals surface area (Å²) >= 11 is 0. The summed E-state index contributed by atoms with van der Waals surface area (Å²) in [6.07, 6.45) is -2.18. The summed E-state index contributed by atoms with van der Waals surface area (Å²) in [5.74, 6) is -0.695. The van der Waals surface area contributed by atoms with E-state index in [1.165, 1.54) is 6.07 Å². The zero-order valence-electron chi connectivity index (χ0n) is 9.46. The maximum Gasteiger partial charge on any atom is 0.220 e. The lowest BCUT2D eigenvalue weighted by Crippen LogP contribution is -2.25. The van der Waals surface area contributed by atoms with Crippen LogP contribution in [0.2, 0.25) is 0 Å². The number of hydrogen-bond acceptors (Lipinski definition) is 4. The molecule has 2 atom stereocenters. The van der Waals surface area contributed by atoms with Crippen LogP contribution < -0.4 is 5.73 Å². The molecule has 1 amide bonds. The maximum absolute atomic E-state index is 10.7. The van der Waals surface area contributed by atoms with Gasteiger partial charge in [-0.3, -0.25) is 9.59 Å². The Morgan fingerprint density at radius 3 is 2.59 bits per heavy atom. The number of aldehydes is 1. The molecule has 5 nitrogen and oxygen atoms in total. The second-order valence-electron chi connectivity index (χ2n) is 3.98. The van der Waals surface area contributed by atoms with Gasteiger partial charge in [-0.1, -0.05) is 11.6 Å². The molecule has 92 valence electrons. The number of hydrogen-bond donors (Lipinski definition) is 3. The summed E-state index contributed by atoms with van der Waals surface area (Å²) in [7, 11) is 0. The number of carbonyl (C=O) groups excluding carboxylic acids is 2. The highest BCUT2D eigenvalue weighted by atomic mass is 16.3. The Balaban J connectivity index is 2.94. The Kier molecular flexibility index (Phi) is 4.37. The standard InChI is InChI=1S/C12H15NO4/c1-7-2-8(6-14)4-9(3-7)12(17)10(15)5-11(13)16/h2-4,6,10,12,15,17H,5H2,1H3,(H2,13,16). The molecule has 1 rings (SSSR count). The average molecular weight is 237 g/mol. The van der Waals surface area contributed by atoms with Gasteiger partial charge >= 0.3 is 0 Å². The van der Waals surface area contributed by atoms with Gasteiger partial charge in [0, 0.05) is 5.56 Å². The first kappa shape index (κ1) is 13.3. The van der Waals surface area contributed by atoms with E-state index in [1.807, 2.05) is 0 Å². The third-order valence-electron chi connectivity index (χ3n) is 2.37. The van der Waals surface area contributed by atoms with Crippen LogP contribution in [0.5, 0.6) is 0 Å². The van der Waals surface area contributed by atoms with Crippen LogP contribution in [0.4, 0.5) is 0 Å². The van der Waals surface area contributed by atoms with Gasteiger partial charge in [0.15, 0.2) is 0 Å². The number of amides is 1. The normalized spacial score (nSPS) is 14.1. The Morgan fingerprint density at radius 1 is 1.41 bits per heavy atom. The molecule has 0 aliphatic rings. The molecule has 5 heteroatoms. The molecule has 0 aliphatic heterocycles. The summed E-state index contributed by atoms with van der Waals surface area (Å²) in [6.45, 7) is 1.77. The lowest BCUT2D eigenvalue weighted by molar-refractivity contribution is -0.121. The summed E-state index contributed by atoms with van der Waals surface area (Å²) in [6, 6.07) is 4.76. The van der Waals surface area contributed by atoms with Gasteiger partial charge in [-0.15, -0.1) is 0 Å². The fraction of sp³-hybridized carbons (Fsp3) is 0.333. The van der Waals surface area contributed by atoms with Crippen LogP contribution in [0.25, 0.3) is 0 Å². The van der Waals surface area contributed by atoms with E-state index in [2.05, 4.69) is 0 Å². The van der Waals surface area contributed by atoms with Crippen LogP contribution >= 0.6 is 0 Å². The fourth-order valence-electron chi connectivity index (χ4n) is 1.62. The second-order valence-corrected chi connectivity index (χ2v) is 3.98. The smallest absolute Gasteiger partial charge is 0.220 e. The molecule has 0 radical (unpaired) electrons. The number of carbonyl (C=O) groups is 2. The van der Waals surface area contributed by atoms with E-state index >= 15 is 0 Å². The van der Waals surface area contributed by atoms with E-state index in [9.17, 15) is 19.8 Å². The number of rotatable bonds is 5. The molecule has 0 spiro atoms. The molecule has 0 fully saturated rings. The molecular formula is C12H15NO4. The van der Waals surface area contributed by atoms with Gasteiger partial charge in [0.25, 0.3) is 0 Å². The van der Waals surface area contributed by atoms with Crippen LogP contribution in [-0.4, -0.2) is 28.5 Å². The Hall–Kier alpha value is -1.72. The second kappa shape index (κ2) is 5.56. The van der Waals surface area contributed by atoms with E-state index in [-0.39, 0.29) is 6.42 Å². The van der Waals surface area contributed by atoms with Crippen molar-refractivity contribution >= 4 is 12.2 Å². The van der Waals surface area contributed by atoms with Crippen molar-refractivity contribution in [3.05, 3.63) is 34.9 Å². The van der Waals surface area contributed by atoms with Crippen molar-refractivity contribution in [3.8, 4) is 0 Å². The van der Waals surface area contributed by atoms with Gasteiger partial charge in [-0.25, -0.2) is 0 Å². The van der Waals surface area contributed by atoms with Gasteiger partial charge in [-0.2, -0.15) is 0 Å². The molecule has 0 bridgehead atoms. The molecule has 0 saturated carbocycles. The molecule has 0 heterocycles. The summed E-state index contributed by atoms with van der Waals surface area (Å²) in [5, 5.41) is 19.4. The molecule has 4 N–H and O–H groups in total. The first-order chi connectivity index (χ1) is 7.93. The average Bonchev–Trinajstić information content (AvgIpc) is 2.26. The number of aliphatic hydroxyl groups excluding tert-OH is 2. The predicted molar refractivity (Wildman–Crippen MR) is 61.3 cm³/mol. The topological polar surface area (TPSA) is 101 Å². The molecule has 2 unspecified atom stereocenters. The lowest BCUT2D eigenvalue weighted by atomic mass is 9.98. The number of benzene rings is 1. The predicted octanol–water partition coefficient (Wildman–Crippen LogP) is 0.0772. The van der Waals surface area contributed by atoms with E-state index in [0.29, 0.717) is 17.4 Å². The van der Waals surface area contributed by atoms with Crippen LogP contribution in [0.15, 0.2) is 18.2 Å². The zero-order chi connectivity index (χ0) is 13.0. The van der Waals surface area contributed by atoms with Gasteiger partial charge in [0.2, 0.25) is 5.91 Å². The van der Waals surface area contributed by atoms with Gasteiger partial charge < -0.3 is 15.9 Å². The molecular weight excluding hydrogens is 222 g/mol. The summed E-state index contributed by atoms with van der Waals surface area (Å²) < 4.78 is 0. The monoisotopic (exact) mass is 237 g/mol. The highest BCUT2D eigenvalue weighted by Crippen LogP contribution is 2.21. The number of aryl methyl sites for hydroxylation is 1. The van der Waals surface area contributed by atoms with E-state index in [0.717, 1.165) is 5.56 Å². The zero-order valence-corrected chi connectivity index (χ0v) is 9.46. The van der Waals surface area contributed by atoms with Crippen molar-refractivity contribution in [1.82, 2.24) is 0 Å². The van der Waals surface area contributed by atoms with Crippen molar-refractivity contribution < 1.29 is 19.8 Å². The minimum absolute atomic E-state index is 0.328. The molecule has 1 aromatic rings. The third-order valence-corrected chi connectivity index (χ3v) is 2.37. The third kappa shape index (κ3) is 3.65. The molecule has 17 heavy (non-hydrogen) atoms. The number of primary amides is 1. The quantitative estimate of drug-likeness (QED) is 0.631. The van der Waals surface area contributed by atoms with Crippen LogP contribution in [0.1, 0.15) is 34.0 Å². The summed E-state index contributed by atoms with van der Waals surface area (Å²) in [4.78, 5) is 21.3. The van der Waals surface area contributed by atoms with Crippen LogP contribution in [0, 0.1) is 6.92 Å². The number of nitrogens with two attached hydrogens (primary N) is 1. The minimum atomic E-state index is -1.27. The highest BCUT2D eigenvalue weighted by Gasteiger charge is 2.20. The lowest BCUT2D eigenvalue weighted by Gasteiger charge is -2.17. The van der Waals surface area contributed by atoms with Crippen LogP contribution in [-0.2, 0) is 4.79 Å². The van der Waals surface area contributed by atoms with Crippen LogP contribution in [0.3, 0.4) is 0 Å². The van der Waals surface area contributed by atoms with Crippen molar-refractivity contribution in [2.75, 3.05) is 0 Å². The van der Waals surface area contributed by atoms with Crippen molar-refractivity contribution in [2.24, 2.45) is 5.73 Å². The number of aliphatic hydroxyl groups is 2. The van der Waals surface area contributed by atoms with E-state index in [1.54, 1.807) is 19.1 Å². The van der Waals surface area contributed by atoms with Gasteiger partial charge in [-0.05, 0) is 24.6 Å². The first-order valence-electron chi connectivity index (χ1n) is 5.15. The minimum Gasteiger partial charge on any atom is -0.390 e. The molecule has 0 aromatic heterocycles. The summed E-state index contributed by atoms with van der Waals surface area (Å²) in [5.41, 5.74) is 6.51.